The topological polar surface area (TPSA) is 123 Å². The van der Waals surface area contributed by atoms with Gasteiger partial charge in [0.25, 0.3) is 11.6 Å². The molecule has 0 spiro atoms. The molecule has 0 aromatic heterocycles. The molecule has 3 N–H and O–H groups in total. The Hall–Kier alpha value is -4.05. The van der Waals surface area contributed by atoms with Crippen LogP contribution >= 0.6 is 12.2 Å². The van der Waals surface area contributed by atoms with E-state index in [4.69, 9.17) is 17.0 Å². The number of amides is 2. The zero-order valence-electron chi connectivity index (χ0n) is 15.7. The molecule has 0 heterocycles. The Bertz CT molecular complexity index is 972. The van der Waals surface area contributed by atoms with Crippen LogP contribution < -0.4 is 20.9 Å². The first-order chi connectivity index (χ1) is 14.4. The van der Waals surface area contributed by atoms with Gasteiger partial charge in [0.05, 0.1) is 4.92 Å². The van der Waals surface area contributed by atoms with Gasteiger partial charge in [-0.25, -0.2) is 0 Å². The summed E-state index contributed by atoms with van der Waals surface area (Å²) in [5.41, 5.74) is 5.71. The van der Waals surface area contributed by atoms with Gasteiger partial charge >= 0.3 is 0 Å². The predicted molar refractivity (Wildman–Crippen MR) is 116 cm³/mol. The Morgan fingerprint density at radius 1 is 1.10 bits per heavy atom. The lowest BCUT2D eigenvalue weighted by Gasteiger charge is -2.10. The van der Waals surface area contributed by atoms with Gasteiger partial charge in [0, 0.05) is 23.8 Å². The highest BCUT2D eigenvalue weighted by Crippen LogP contribution is 2.13. The molecule has 2 aromatic carbocycles. The lowest BCUT2D eigenvalue weighted by Crippen LogP contribution is -2.48. The summed E-state index contributed by atoms with van der Waals surface area (Å²) in [5.74, 6) is -0.394. The maximum Gasteiger partial charge on any atom is 0.269 e. The standard InChI is InChI=1S/C20H18N4O5S/c1-2-13-29-17-10-6-15(7-11-17)19(26)22-23-20(30)21-18(25)12-5-14-3-8-16(9-4-14)24(27)28/h2-12H,1,13H2,(H,22,26)(H2,21,23,25,30)/b12-5+. The average Bonchev–Trinajstić information content (AvgIpc) is 2.75. The Labute approximate surface area is 177 Å². The normalized spacial score (nSPS) is 10.1. The largest absolute Gasteiger partial charge is 0.490 e. The van der Waals surface area contributed by atoms with Crippen molar-refractivity contribution in [3.63, 3.8) is 0 Å². The number of ether oxygens (including phenoxy) is 1. The van der Waals surface area contributed by atoms with Crippen molar-refractivity contribution in [2.75, 3.05) is 6.61 Å². The van der Waals surface area contributed by atoms with E-state index in [0.717, 1.165) is 0 Å². The number of benzene rings is 2. The van der Waals surface area contributed by atoms with E-state index in [9.17, 15) is 19.7 Å². The van der Waals surface area contributed by atoms with E-state index in [2.05, 4.69) is 22.7 Å². The molecule has 9 nitrogen and oxygen atoms in total. The first kappa shape index (κ1) is 22.2. The van der Waals surface area contributed by atoms with Crippen LogP contribution in [0.2, 0.25) is 0 Å². The van der Waals surface area contributed by atoms with Crippen molar-refractivity contribution in [2.45, 2.75) is 0 Å². The van der Waals surface area contributed by atoms with E-state index >= 15 is 0 Å². The molecule has 154 valence electrons. The number of carbonyl (C=O) groups is 2. The van der Waals surface area contributed by atoms with Crippen LogP contribution in [-0.4, -0.2) is 28.5 Å². The number of hydrazine groups is 1. The molecule has 0 aliphatic heterocycles. The molecule has 2 amide bonds. The molecular weight excluding hydrogens is 408 g/mol. The van der Waals surface area contributed by atoms with Gasteiger partial charge in [-0.2, -0.15) is 0 Å². The monoisotopic (exact) mass is 426 g/mol. The summed E-state index contributed by atoms with van der Waals surface area (Å²) in [6.07, 6.45) is 4.29. The second-order valence-corrected chi connectivity index (χ2v) is 6.11. The summed E-state index contributed by atoms with van der Waals surface area (Å²) in [5, 5.41) is 12.9. The first-order valence-corrected chi connectivity index (χ1v) is 8.97. The predicted octanol–water partition coefficient (Wildman–Crippen LogP) is 2.51. The maximum atomic E-state index is 12.1. The summed E-state index contributed by atoms with van der Waals surface area (Å²) in [6.45, 7) is 3.91. The van der Waals surface area contributed by atoms with Crippen molar-refractivity contribution < 1.29 is 19.2 Å². The minimum atomic E-state index is -0.538. The Kier molecular flexibility index (Phi) is 8.21. The molecule has 0 saturated heterocycles. The number of nitrogens with zero attached hydrogens (tertiary/aromatic N) is 1. The van der Waals surface area contributed by atoms with Crippen molar-refractivity contribution in [2.24, 2.45) is 0 Å². The number of rotatable bonds is 7. The number of hydrogen-bond acceptors (Lipinski definition) is 6. The third-order valence-corrected chi connectivity index (χ3v) is 3.75. The highest BCUT2D eigenvalue weighted by atomic mass is 32.1. The number of nitro groups is 1. The van der Waals surface area contributed by atoms with E-state index < -0.39 is 16.7 Å². The lowest BCUT2D eigenvalue weighted by molar-refractivity contribution is -0.384. The second-order valence-electron chi connectivity index (χ2n) is 5.70. The third kappa shape index (κ3) is 7.17. The Morgan fingerprint density at radius 2 is 1.77 bits per heavy atom. The molecule has 0 aliphatic rings. The molecule has 0 unspecified atom stereocenters. The van der Waals surface area contributed by atoms with Crippen LogP contribution in [0.3, 0.4) is 0 Å². The van der Waals surface area contributed by atoms with E-state index in [1.54, 1.807) is 30.3 Å². The fourth-order valence-electron chi connectivity index (χ4n) is 2.11. The van der Waals surface area contributed by atoms with E-state index in [0.29, 0.717) is 23.5 Å². The molecule has 0 fully saturated rings. The van der Waals surface area contributed by atoms with E-state index in [-0.39, 0.29) is 10.8 Å². The van der Waals surface area contributed by atoms with Gasteiger partial charge in [0.2, 0.25) is 5.91 Å². The number of nitrogens with one attached hydrogen (secondary N) is 3. The smallest absolute Gasteiger partial charge is 0.269 e. The highest BCUT2D eigenvalue weighted by Gasteiger charge is 2.07. The molecule has 0 atom stereocenters. The van der Waals surface area contributed by atoms with Crippen molar-refractivity contribution in [1.82, 2.24) is 16.2 Å². The van der Waals surface area contributed by atoms with Crippen LogP contribution in [0.5, 0.6) is 5.75 Å². The molecule has 2 rings (SSSR count). The SMILES string of the molecule is C=CCOc1ccc(C(=O)NNC(=S)NC(=O)/C=C/c2ccc([N+](=O)[O-])cc2)cc1. The second kappa shape index (κ2) is 11.1. The quantitative estimate of drug-likeness (QED) is 0.204. The summed E-state index contributed by atoms with van der Waals surface area (Å²) < 4.78 is 5.33. The fourth-order valence-corrected chi connectivity index (χ4v) is 2.26. The molecular formula is C20H18N4O5S. The lowest BCUT2D eigenvalue weighted by atomic mass is 10.2. The van der Waals surface area contributed by atoms with Crippen LogP contribution in [0.4, 0.5) is 5.69 Å². The average molecular weight is 426 g/mol. The van der Waals surface area contributed by atoms with Crippen molar-refractivity contribution in [3.05, 3.63) is 88.5 Å². The molecule has 10 heteroatoms. The Balaban J connectivity index is 1.79. The number of hydrogen-bond donors (Lipinski definition) is 3. The number of thiocarbonyl (C=S) groups is 1. The summed E-state index contributed by atoms with van der Waals surface area (Å²) >= 11 is 4.95. The zero-order chi connectivity index (χ0) is 21.9. The van der Waals surface area contributed by atoms with Crippen LogP contribution in [0.1, 0.15) is 15.9 Å². The minimum absolute atomic E-state index is 0.0448. The van der Waals surface area contributed by atoms with Crippen molar-refractivity contribution in [3.8, 4) is 5.75 Å². The number of non-ortho nitro benzene ring substituents is 1. The number of nitro benzene ring substituents is 1. The molecule has 0 radical (unpaired) electrons. The third-order valence-electron chi connectivity index (χ3n) is 3.54. The van der Waals surface area contributed by atoms with Crippen molar-refractivity contribution in [1.29, 1.82) is 0 Å². The van der Waals surface area contributed by atoms with Crippen LogP contribution in [0, 0.1) is 10.1 Å². The van der Waals surface area contributed by atoms with Crippen LogP contribution in [0.25, 0.3) is 6.08 Å². The van der Waals surface area contributed by atoms with E-state index in [1.165, 1.54) is 36.4 Å². The van der Waals surface area contributed by atoms with Crippen LogP contribution in [0.15, 0.2) is 67.3 Å². The molecule has 0 saturated carbocycles. The summed E-state index contributed by atoms with van der Waals surface area (Å²) in [4.78, 5) is 34.1. The zero-order valence-corrected chi connectivity index (χ0v) is 16.5. The number of carbonyl (C=O) groups excluding carboxylic acids is 2. The summed E-state index contributed by atoms with van der Waals surface area (Å²) in [7, 11) is 0. The van der Waals surface area contributed by atoms with Gasteiger partial charge in [-0.1, -0.05) is 12.7 Å². The van der Waals surface area contributed by atoms with Gasteiger partial charge in [0.1, 0.15) is 12.4 Å². The summed E-state index contributed by atoms with van der Waals surface area (Å²) in [6, 6.07) is 12.1. The minimum Gasteiger partial charge on any atom is -0.490 e. The van der Waals surface area contributed by atoms with Gasteiger partial charge in [-0.05, 0) is 60.3 Å². The maximum absolute atomic E-state index is 12.1. The first-order valence-electron chi connectivity index (χ1n) is 8.56. The molecule has 0 aliphatic carbocycles. The molecule has 2 aromatic rings. The Morgan fingerprint density at radius 3 is 2.37 bits per heavy atom. The molecule has 0 bridgehead atoms. The molecule has 30 heavy (non-hydrogen) atoms. The fraction of sp³-hybridized carbons (Fsp3) is 0.0500. The van der Waals surface area contributed by atoms with Crippen molar-refractivity contribution >= 4 is 40.9 Å². The highest BCUT2D eigenvalue weighted by molar-refractivity contribution is 7.80. The van der Waals surface area contributed by atoms with Gasteiger partial charge < -0.3 is 4.74 Å². The van der Waals surface area contributed by atoms with Crippen LogP contribution in [-0.2, 0) is 4.79 Å². The van der Waals surface area contributed by atoms with Gasteiger partial charge in [-0.15, -0.1) is 0 Å². The van der Waals surface area contributed by atoms with E-state index in [1.807, 2.05) is 0 Å². The van der Waals surface area contributed by atoms with Gasteiger partial charge in [-0.3, -0.25) is 35.9 Å². The van der Waals surface area contributed by atoms with Gasteiger partial charge in [0.15, 0.2) is 5.11 Å².